The summed E-state index contributed by atoms with van der Waals surface area (Å²) in [5.74, 6) is -5.00. The third kappa shape index (κ3) is 2.33. The topological polar surface area (TPSA) is 12.9 Å². The van der Waals surface area contributed by atoms with E-state index in [9.17, 15) is 17.6 Å². The molecular formula is C15H10F4IN. The summed E-state index contributed by atoms with van der Waals surface area (Å²) in [6.45, 7) is 0. The summed E-state index contributed by atoms with van der Waals surface area (Å²) >= 11 is 1.97. The molecule has 1 heterocycles. The summed E-state index contributed by atoms with van der Waals surface area (Å²) in [5, 5.41) is 0. The van der Waals surface area contributed by atoms with E-state index in [4.69, 9.17) is 0 Å². The van der Waals surface area contributed by atoms with E-state index in [1.807, 2.05) is 22.6 Å². The Hall–Kier alpha value is -1.18. The van der Waals surface area contributed by atoms with Crippen LogP contribution in [0, 0.1) is 15.2 Å². The molecule has 0 bridgehead atoms. The summed E-state index contributed by atoms with van der Waals surface area (Å²) in [5.41, 5.74) is -2.15. The molecule has 21 heavy (non-hydrogen) atoms. The number of nitrogens with zero attached hydrogens (tertiary/aromatic N) is 1. The molecule has 0 amide bonds. The van der Waals surface area contributed by atoms with Crippen molar-refractivity contribution in [3.8, 4) is 0 Å². The van der Waals surface area contributed by atoms with Gasteiger partial charge in [-0.15, -0.1) is 0 Å². The standard InChI is InChI=1S/C15H10F4IN/c16-9-1-3-11(12(17)7-9)14(5-6-14)15(18,19)13-4-2-10(20)8-21-13/h1-4,7-8H,5-6H2. The fourth-order valence-corrected chi connectivity index (χ4v) is 2.88. The van der Waals surface area contributed by atoms with Gasteiger partial charge >= 0.3 is 0 Å². The molecule has 1 aliphatic carbocycles. The van der Waals surface area contributed by atoms with Crippen molar-refractivity contribution in [1.82, 2.24) is 4.98 Å². The van der Waals surface area contributed by atoms with Crippen LogP contribution in [0.15, 0.2) is 36.5 Å². The number of pyridine rings is 1. The lowest BCUT2D eigenvalue weighted by atomic mass is 9.86. The van der Waals surface area contributed by atoms with Crippen molar-refractivity contribution < 1.29 is 17.6 Å². The van der Waals surface area contributed by atoms with E-state index in [0.717, 1.165) is 15.7 Å². The SMILES string of the molecule is Fc1ccc(C2(C(F)(F)c3ccc(I)cn3)CC2)c(F)c1. The van der Waals surface area contributed by atoms with E-state index >= 15 is 0 Å². The summed E-state index contributed by atoms with van der Waals surface area (Å²) in [4.78, 5) is 3.77. The first-order valence-electron chi connectivity index (χ1n) is 6.32. The Balaban J connectivity index is 2.06. The van der Waals surface area contributed by atoms with Crippen molar-refractivity contribution in [2.75, 3.05) is 0 Å². The monoisotopic (exact) mass is 407 g/mol. The second kappa shape index (κ2) is 4.93. The lowest BCUT2D eigenvalue weighted by molar-refractivity contribution is -0.0515. The largest absolute Gasteiger partial charge is 0.299 e. The Bertz CT molecular complexity index is 681. The van der Waals surface area contributed by atoms with Gasteiger partial charge in [-0.05, 0) is 53.6 Å². The van der Waals surface area contributed by atoms with E-state index in [1.165, 1.54) is 18.3 Å². The molecule has 0 spiro atoms. The van der Waals surface area contributed by atoms with Gasteiger partial charge in [-0.25, -0.2) is 8.78 Å². The van der Waals surface area contributed by atoms with Gasteiger partial charge in [0.1, 0.15) is 17.3 Å². The van der Waals surface area contributed by atoms with Crippen molar-refractivity contribution in [2.24, 2.45) is 0 Å². The highest BCUT2D eigenvalue weighted by Crippen LogP contribution is 2.62. The van der Waals surface area contributed by atoms with Gasteiger partial charge in [0, 0.05) is 21.4 Å². The van der Waals surface area contributed by atoms with Crippen molar-refractivity contribution in [3.05, 3.63) is 63.0 Å². The lowest BCUT2D eigenvalue weighted by Crippen LogP contribution is -2.33. The maximum atomic E-state index is 14.8. The molecule has 0 atom stereocenters. The van der Waals surface area contributed by atoms with Crippen LogP contribution in [0.4, 0.5) is 17.6 Å². The summed E-state index contributed by atoms with van der Waals surface area (Å²) in [6, 6.07) is 5.55. The number of aromatic nitrogens is 1. The van der Waals surface area contributed by atoms with Gasteiger partial charge in [0.25, 0.3) is 5.92 Å². The molecule has 3 rings (SSSR count). The number of halogens is 5. The Labute approximate surface area is 132 Å². The minimum Gasteiger partial charge on any atom is -0.254 e. The van der Waals surface area contributed by atoms with Gasteiger partial charge in [-0.3, -0.25) is 4.98 Å². The zero-order valence-electron chi connectivity index (χ0n) is 10.7. The molecule has 110 valence electrons. The first-order chi connectivity index (χ1) is 9.87. The third-order valence-corrected chi connectivity index (χ3v) is 4.48. The molecule has 1 nitrogen and oxygen atoms in total. The highest BCUT2D eigenvalue weighted by molar-refractivity contribution is 14.1. The molecule has 6 heteroatoms. The predicted molar refractivity (Wildman–Crippen MR) is 78.1 cm³/mol. The molecule has 1 saturated carbocycles. The van der Waals surface area contributed by atoms with Crippen LogP contribution < -0.4 is 0 Å². The smallest absolute Gasteiger partial charge is 0.254 e. The average molecular weight is 407 g/mol. The molecule has 1 aliphatic rings. The van der Waals surface area contributed by atoms with Gasteiger partial charge in [0.2, 0.25) is 0 Å². The molecule has 1 aromatic carbocycles. The minimum atomic E-state index is -3.30. The Kier molecular flexibility index (Phi) is 3.46. The van der Waals surface area contributed by atoms with Crippen molar-refractivity contribution in [1.29, 1.82) is 0 Å². The summed E-state index contributed by atoms with van der Waals surface area (Å²) in [6.07, 6.45) is 1.65. The van der Waals surface area contributed by atoms with Crippen LogP contribution in [-0.4, -0.2) is 4.98 Å². The Morgan fingerprint density at radius 1 is 1.10 bits per heavy atom. The number of rotatable bonds is 3. The maximum absolute atomic E-state index is 14.8. The van der Waals surface area contributed by atoms with Crippen LogP contribution in [0.2, 0.25) is 0 Å². The highest BCUT2D eigenvalue weighted by Gasteiger charge is 2.65. The summed E-state index contributed by atoms with van der Waals surface area (Å²) in [7, 11) is 0. The first-order valence-corrected chi connectivity index (χ1v) is 7.40. The lowest BCUT2D eigenvalue weighted by Gasteiger charge is -2.27. The Morgan fingerprint density at radius 3 is 2.33 bits per heavy atom. The normalized spacial score (nSPS) is 16.8. The van der Waals surface area contributed by atoms with Gasteiger partial charge in [0.05, 0.1) is 5.41 Å². The quantitative estimate of drug-likeness (QED) is 0.527. The molecule has 1 aromatic heterocycles. The first kappa shape index (κ1) is 14.7. The predicted octanol–water partition coefficient (Wildman–Crippen LogP) is 4.79. The van der Waals surface area contributed by atoms with E-state index in [1.54, 1.807) is 0 Å². The van der Waals surface area contributed by atoms with Crippen LogP contribution in [0.3, 0.4) is 0 Å². The number of benzene rings is 1. The fourth-order valence-electron chi connectivity index (χ4n) is 2.56. The van der Waals surface area contributed by atoms with E-state index in [0.29, 0.717) is 6.07 Å². The van der Waals surface area contributed by atoms with Crippen LogP contribution in [0.5, 0.6) is 0 Å². The molecular weight excluding hydrogens is 397 g/mol. The van der Waals surface area contributed by atoms with Crippen molar-refractivity contribution in [3.63, 3.8) is 0 Å². The molecule has 0 radical (unpaired) electrons. The van der Waals surface area contributed by atoms with Gasteiger partial charge in [0.15, 0.2) is 0 Å². The molecule has 0 unspecified atom stereocenters. The molecule has 0 saturated heterocycles. The zero-order valence-corrected chi connectivity index (χ0v) is 12.9. The fraction of sp³-hybridized carbons (Fsp3) is 0.267. The van der Waals surface area contributed by atoms with Crippen LogP contribution in [0.1, 0.15) is 24.1 Å². The number of hydrogen-bond donors (Lipinski definition) is 0. The molecule has 1 fully saturated rings. The van der Waals surface area contributed by atoms with E-state index in [2.05, 4.69) is 4.98 Å². The minimum absolute atomic E-state index is 0.144. The number of hydrogen-bond acceptors (Lipinski definition) is 1. The maximum Gasteiger partial charge on any atom is 0.299 e. The molecule has 0 N–H and O–H groups in total. The van der Waals surface area contributed by atoms with Crippen molar-refractivity contribution in [2.45, 2.75) is 24.2 Å². The van der Waals surface area contributed by atoms with Crippen molar-refractivity contribution >= 4 is 22.6 Å². The van der Waals surface area contributed by atoms with Crippen LogP contribution in [-0.2, 0) is 11.3 Å². The van der Waals surface area contributed by atoms with Crippen LogP contribution in [0.25, 0.3) is 0 Å². The Morgan fingerprint density at radius 2 is 1.81 bits per heavy atom. The van der Waals surface area contributed by atoms with Gasteiger partial charge in [-0.1, -0.05) is 6.07 Å². The third-order valence-electron chi connectivity index (χ3n) is 3.85. The number of alkyl halides is 2. The average Bonchev–Trinajstić information content (AvgIpc) is 3.21. The zero-order chi connectivity index (χ0) is 15.3. The highest BCUT2D eigenvalue weighted by atomic mass is 127. The van der Waals surface area contributed by atoms with Gasteiger partial charge < -0.3 is 0 Å². The second-order valence-electron chi connectivity index (χ2n) is 5.14. The summed E-state index contributed by atoms with van der Waals surface area (Å²) < 4.78 is 57.2. The second-order valence-corrected chi connectivity index (χ2v) is 6.39. The van der Waals surface area contributed by atoms with E-state index < -0.39 is 23.0 Å². The van der Waals surface area contributed by atoms with E-state index in [-0.39, 0.29) is 24.1 Å². The molecule has 0 aliphatic heterocycles. The molecule has 2 aromatic rings. The van der Waals surface area contributed by atoms with Gasteiger partial charge in [-0.2, -0.15) is 8.78 Å². The van der Waals surface area contributed by atoms with Crippen LogP contribution >= 0.6 is 22.6 Å².